The van der Waals surface area contributed by atoms with Gasteiger partial charge in [0, 0.05) is 24.7 Å². The zero-order valence-electron chi connectivity index (χ0n) is 16.4. The van der Waals surface area contributed by atoms with E-state index in [1.807, 2.05) is 31.2 Å². The number of hydrogen-bond acceptors (Lipinski definition) is 5. The van der Waals surface area contributed by atoms with Gasteiger partial charge < -0.3 is 9.64 Å². The fraction of sp³-hybridized carbons (Fsp3) is 0.429. The maximum absolute atomic E-state index is 12.9. The number of piperidine rings is 1. The Balaban J connectivity index is 1.76. The summed E-state index contributed by atoms with van der Waals surface area (Å²) < 4.78 is 6.02. The van der Waals surface area contributed by atoms with Crippen LogP contribution in [0.5, 0.6) is 0 Å². The monoisotopic (exact) mass is 383 g/mol. The second-order valence-corrected chi connectivity index (χ2v) is 7.17. The van der Waals surface area contributed by atoms with Gasteiger partial charge in [-0.3, -0.25) is 14.4 Å². The molecule has 2 aromatic rings. The number of methoxy groups -OCH3 is 1. The average molecular weight is 383 g/mol. The Bertz CT molecular complexity index is 912. The van der Waals surface area contributed by atoms with E-state index < -0.39 is 6.04 Å². The smallest absolute Gasteiger partial charge is 0.308 e. The first kappa shape index (κ1) is 19.8. The fourth-order valence-electron chi connectivity index (χ4n) is 3.45. The second-order valence-electron chi connectivity index (χ2n) is 7.17. The minimum absolute atomic E-state index is 0.168. The molecule has 0 radical (unpaired) electrons. The molecule has 1 aliphatic rings. The molecule has 1 amide bonds. The lowest BCUT2D eigenvalue weighted by atomic mass is 9.96. The van der Waals surface area contributed by atoms with Gasteiger partial charge in [-0.15, -0.1) is 0 Å². The molecule has 3 rings (SSSR count). The Morgan fingerprint density at radius 1 is 1.11 bits per heavy atom. The number of carbonyl (C=O) groups is 2. The maximum atomic E-state index is 12.9. The molecule has 0 aliphatic carbocycles. The molecule has 0 saturated carbocycles. The summed E-state index contributed by atoms with van der Waals surface area (Å²) in [7, 11) is 1.38. The molecular weight excluding hydrogens is 358 g/mol. The number of carbonyl (C=O) groups excluding carboxylic acids is 2. The third-order valence-corrected chi connectivity index (χ3v) is 5.24. The zero-order chi connectivity index (χ0) is 20.3. The highest BCUT2D eigenvalue weighted by Gasteiger charge is 2.31. The number of rotatable bonds is 4. The average Bonchev–Trinajstić information content (AvgIpc) is 2.73. The van der Waals surface area contributed by atoms with Crippen molar-refractivity contribution < 1.29 is 14.3 Å². The number of nitrogens with zero attached hydrogens (tertiary/aromatic N) is 3. The molecule has 1 aromatic heterocycles. The fourth-order valence-corrected chi connectivity index (χ4v) is 3.45. The number of aromatic nitrogens is 2. The first-order chi connectivity index (χ1) is 13.4. The predicted octanol–water partition coefficient (Wildman–Crippen LogP) is 2.19. The number of hydrogen-bond donors (Lipinski definition) is 0. The van der Waals surface area contributed by atoms with E-state index >= 15 is 0 Å². The minimum atomic E-state index is -0.715. The van der Waals surface area contributed by atoms with Crippen molar-refractivity contribution in [1.29, 1.82) is 0 Å². The summed E-state index contributed by atoms with van der Waals surface area (Å²) in [6, 6.07) is 10.2. The van der Waals surface area contributed by atoms with Gasteiger partial charge in [-0.05, 0) is 32.8 Å². The Labute approximate surface area is 163 Å². The highest BCUT2D eigenvalue weighted by Crippen LogP contribution is 2.21. The van der Waals surface area contributed by atoms with Crippen molar-refractivity contribution in [2.45, 2.75) is 32.7 Å². The van der Waals surface area contributed by atoms with Crippen LogP contribution < -0.4 is 5.56 Å². The summed E-state index contributed by atoms with van der Waals surface area (Å²) in [5.74, 6) is -0.571. The van der Waals surface area contributed by atoms with Crippen molar-refractivity contribution >= 4 is 11.9 Å². The Morgan fingerprint density at radius 2 is 1.75 bits per heavy atom. The van der Waals surface area contributed by atoms with E-state index in [9.17, 15) is 14.4 Å². The van der Waals surface area contributed by atoms with Crippen LogP contribution >= 0.6 is 0 Å². The summed E-state index contributed by atoms with van der Waals surface area (Å²) in [5, 5.41) is 4.43. The van der Waals surface area contributed by atoms with Gasteiger partial charge in [0.2, 0.25) is 5.91 Å². The largest absolute Gasteiger partial charge is 0.469 e. The van der Waals surface area contributed by atoms with Gasteiger partial charge in [0.25, 0.3) is 5.56 Å². The van der Waals surface area contributed by atoms with Crippen LogP contribution in [0.1, 0.15) is 31.4 Å². The zero-order valence-corrected chi connectivity index (χ0v) is 16.4. The minimum Gasteiger partial charge on any atom is -0.469 e. The lowest BCUT2D eigenvalue weighted by Gasteiger charge is -2.32. The van der Waals surface area contributed by atoms with Crippen LogP contribution in [-0.2, 0) is 14.3 Å². The number of esters is 1. The molecule has 0 spiro atoms. The summed E-state index contributed by atoms with van der Waals surface area (Å²) in [5.41, 5.74) is 2.35. The van der Waals surface area contributed by atoms with Gasteiger partial charge in [0.05, 0.1) is 18.7 Å². The number of likely N-dealkylation sites (tertiary alicyclic amines) is 1. The predicted molar refractivity (Wildman–Crippen MR) is 105 cm³/mol. The third kappa shape index (κ3) is 4.13. The van der Waals surface area contributed by atoms with Crippen molar-refractivity contribution in [3.8, 4) is 11.3 Å². The summed E-state index contributed by atoms with van der Waals surface area (Å²) >= 11 is 0. The summed E-state index contributed by atoms with van der Waals surface area (Å²) in [4.78, 5) is 38.6. The lowest BCUT2D eigenvalue weighted by Crippen LogP contribution is -2.45. The van der Waals surface area contributed by atoms with Gasteiger partial charge >= 0.3 is 5.97 Å². The Kier molecular flexibility index (Phi) is 5.92. The topological polar surface area (TPSA) is 81.5 Å². The molecule has 1 aromatic carbocycles. The van der Waals surface area contributed by atoms with Crippen LogP contribution in [-0.4, -0.2) is 46.8 Å². The molecule has 28 heavy (non-hydrogen) atoms. The lowest BCUT2D eigenvalue weighted by molar-refractivity contribution is -0.149. The van der Waals surface area contributed by atoms with Crippen LogP contribution in [0.4, 0.5) is 0 Å². The van der Waals surface area contributed by atoms with Gasteiger partial charge in [0.15, 0.2) is 0 Å². The number of amides is 1. The maximum Gasteiger partial charge on any atom is 0.308 e. The van der Waals surface area contributed by atoms with E-state index in [1.54, 1.807) is 17.9 Å². The first-order valence-corrected chi connectivity index (χ1v) is 9.44. The molecule has 1 unspecified atom stereocenters. The highest BCUT2D eigenvalue weighted by molar-refractivity contribution is 5.80. The van der Waals surface area contributed by atoms with E-state index in [1.165, 1.54) is 17.9 Å². The van der Waals surface area contributed by atoms with Crippen molar-refractivity contribution in [2.24, 2.45) is 5.92 Å². The van der Waals surface area contributed by atoms with Crippen molar-refractivity contribution in [3.05, 3.63) is 52.3 Å². The van der Waals surface area contributed by atoms with E-state index in [0.29, 0.717) is 31.6 Å². The molecule has 1 fully saturated rings. The number of aryl methyl sites for hydroxylation is 1. The van der Waals surface area contributed by atoms with E-state index in [-0.39, 0.29) is 23.4 Å². The molecule has 0 N–H and O–H groups in total. The molecule has 1 saturated heterocycles. The quantitative estimate of drug-likeness (QED) is 0.756. The molecule has 2 heterocycles. The first-order valence-electron chi connectivity index (χ1n) is 9.44. The molecule has 1 aliphatic heterocycles. The van der Waals surface area contributed by atoms with Gasteiger partial charge in [-0.2, -0.15) is 5.10 Å². The van der Waals surface area contributed by atoms with Crippen molar-refractivity contribution in [1.82, 2.24) is 14.7 Å². The molecule has 7 nitrogen and oxygen atoms in total. The summed E-state index contributed by atoms with van der Waals surface area (Å²) in [6.45, 7) is 4.62. The van der Waals surface area contributed by atoms with Crippen LogP contribution in [0.25, 0.3) is 11.3 Å². The second kappa shape index (κ2) is 8.37. The summed E-state index contributed by atoms with van der Waals surface area (Å²) in [6.07, 6.45) is 1.13. The molecule has 148 valence electrons. The molecule has 7 heteroatoms. The Morgan fingerprint density at radius 3 is 2.36 bits per heavy atom. The third-order valence-electron chi connectivity index (χ3n) is 5.24. The van der Waals surface area contributed by atoms with Crippen molar-refractivity contribution in [2.75, 3.05) is 20.2 Å². The van der Waals surface area contributed by atoms with Crippen LogP contribution in [0.15, 0.2) is 41.2 Å². The van der Waals surface area contributed by atoms with Crippen LogP contribution in [0.3, 0.4) is 0 Å². The van der Waals surface area contributed by atoms with Crippen LogP contribution in [0.2, 0.25) is 0 Å². The van der Waals surface area contributed by atoms with E-state index in [2.05, 4.69) is 5.10 Å². The number of ether oxygens (including phenoxy) is 1. The highest BCUT2D eigenvalue weighted by atomic mass is 16.5. The van der Waals surface area contributed by atoms with E-state index in [0.717, 1.165) is 11.1 Å². The SMILES string of the molecule is COC(=O)C1CCN(C(=O)C(C)n2nc(-c3ccc(C)cc3)ccc2=O)CC1. The Hall–Kier alpha value is -2.96. The number of benzene rings is 1. The van der Waals surface area contributed by atoms with Gasteiger partial charge in [0.1, 0.15) is 6.04 Å². The van der Waals surface area contributed by atoms with E-state index in [4.69, 9.17) is 4.74 Å². The normalized spacial score (nSPS) is 15.9. The van der Waals surface area contributed by atoms with Crippen LogP contribution in [0, 0.1) is 12.8 Å². The molecule has 0 bridgehead atoms. The molecular formula is C21H25N3O4. The van der Waals surface area contributed by atoms with Gasteiger partial charge in [-0.25, -0.2) is 4.68 Å². The molecule has 1 atom stereocenters. The van der Waals surface area contributed by atoms with Crippen molar-refractivity contribution in [3.63, 3.8) is 0 Å². The van der Waals surface area contributed by atoms with Gasteiger partial charge in [-0.1, -0.05) is 29.8 Å². The standard InChI is InChI=1S/C21H25N3O4/c1-14-4-6-16(7-5-14)18-8-9-19(25)24(22-18)15(2)20(26)23-12-10-17(11-13-23)21(27)28-3/h4-9,15,17H,10-13H2,1-3H3.